The summed E-state index contributed by atoms with van der Waals surface area (Å²) in [4.78, 5) is 12.4. The molecular weight excluding hydrogens is 292 g/mol. The van der Waals surface area contributed by atoms with Crippen molar-refractivity contribution in [2.45, 2.75) is 37.5 Å². The van der Waals surface area contributed by atoms with Gasteiger partial charge in [-0.2, -0.15) is 0 Å². The molecule has 1 fully saturated rings. The smallest absolute Gasteiger partial charge is 0.138 e. The normalized spacial score (nSPS) is 29.2. The molecule has 3 aliphatic rings. The van der Waals surface area contributed by atoms with Crippen LogP contribution in [0.1, 0.15) is 36.8 Å². The fraction of sp³-hybridized carbons (Fsp3) is 0.350. The van der Waals surface area contributed by atoms with Crippen molar-refractivity contribution in [3.63, 3.8) is 0 Å². The van der Waals surface area contributed by atoms with Crippen LogP contribution in [-0.2, 0) is 16.6 Å². The van der Waals surface area contributed by atoms with E-state index >= 15 is 0 Å². The third-order valence-corrected chi connectivity index (χ3v) is 6.22. The highest BCUT2D eigenvalue weighted by Crippen LogP contribution is 2.58. The van der Waals surface area contributed by atoms with Crippen LogP contribution >= 0.6 is 11.6 Å². The number of halogens is 1. The first kappa shape index (κ1) is 12.9. The molecule has 0 radical (unpaired) electrons. The number of hydrogen-bond donors (Lipinski definition) is 0. The predicted molar refractivity (Wildman–Crippen MR) is 89.4 cm³/mol. The van der Waals surface area contributed by atoms with Gasteiger partial charge in [0, 0.05) is 23.3 Å². The van der Waals surface area contributed by atoms with Gasteiger partial charge in [-0.05, 0) is 59.2 Å². The topological polar surface area (TPSA) is 17.1 Å². The third-order valence-electron chi connectivity index (χ3n) is 5.98. The average molecular weight is 309 g/mol. The van der Waals surface area contributed by atoms with Crippen LogP contribution < -0.4 is 0 Å². The molecule has 1 spiro atoms. The van der Waals surface area contributed by atoms with E-state index in [1.54, 1.807) is 5.57 Å². The van der Waals surface area contributed by atoms with Gasteiger partial charge < -0.3 is 0 Å². The summed E-state index contributed by atoms with van der Waals surface area (Å²) in [7, 11) is 0. The van der Waals surface area contributed by atoms with E-state index in [1.165, 1.54) is 28.3 Å². The Hall–Kier alpha value is -1.60. The van der Waals surface area contributed by atoms with Crippen LogP contribution in [0, 0.1) is 5.92 Å². The number of carbonyl (C=O) groups is 1. The molecule has 2 aromatic rings. The Morgan fingerprint density at radius 2 is 2.00 bits per heavy atom. The van der Waals surface area contributed by atoms with E-state index < -0.39 is 0 Å². The lowest BCUT2D eigenvalue weighted by Gasteiger charge is -2.41. The monoisotopic (exact) mass is 308 g/mol. The number of rotatable bonds is 0. The maximum absolute atomic E-state index is 12.4. The molecule has 1 saturated carbocycles. The molecule has 0 aliphatic heterocycles. The lowest BCUT2D eigenvalue weighted by Crippen LogP contribution is -2.39. The SMILES string of the molecule is O=C1Cc2cc3ccc(Cl)cc3cc2C2(C1)CC1=CCC2C1. The Kier molecular flexibility index (Phi) is 2.48. The maximum atomic E-state index is 12.4. The number of fused-ring (bicyclic) bond motifs is 6. The molecular formula is C20H17ClO. The molecule has 2 unspecified atom stereocenters. The summed E-state index contributed by atoms with van der Waals surface area (Å²) in [5.41, 5.74) is 4.32. The molecule has 2 bridgehead atoms. The number of carbonyl (C=O) groups excluding carboxylic acids is 1. The van der Waals surface area contributed by atoms with Gasteiger partial charge in [-0.3, -0.25) is 4.79 Å². The molecule has 0 N–H and O–H groups in total. The van der Waals surface area contributed by atoms with Crippen molar-refractivity contribution in [3.05, 3.63) is 58.1 Å². The van der Waals surface area contributed by atoms with E-state index in [0.717, 1.165) is 24.3 Å². The van der Waals surface area contributed by atoms with Crippen LogP contribution in [0.5, 0.6) is 0 Å². The zero-order valence-electron chi connectivity index (χ0n) is 12.4. The molecule has 5 rings (SSSR count). The zero-order chi connectivity index (χ0) is 14.9. The highest BCUT2D eigenvalue weighted by molar-refractivity contribution is 6.31. The Labute approximate surface area is 135 Å². The van der Waals surface area contributed by atoms with Gasteiger partial charge in [-0.15, -0.1) is 0 Å². The first-order valence-electron chi connectivity index (χ1n) is 8.06. The molecule has 0 amide bonds. The van der Waals surface area contributed by atoms with Crippen LogP contribution in [-0.4, -0.2) is 5.78 Å². The summed E-state index contributed by atoms with van der Waals surface area (Å²) in [5, 5.41) is 3.18. The van der Waals surface area contributed by atoms with E-state index in [2.05, 4.69) is 24.3 Å². The summed E-state index contributed by atoms with van der Waals surface area (Å²) in [5.74, 6) is 1.04. The Morgan fingerprint density at radius 1 is 1.09 bits per heavy atom. The Bertz CT molecular complexity index is 863. The van der Waals surface area contributed by atoms with E-state index in [4.69, 9.17) is 11.6 Å². The Morgan fingerprint density at radius 3 is 2.77 bits per heavy atom. The molecule has 2 heteroatoms. The van der Waals surface area contributed by atoms with E-state index in [-0.39, 0.29) is 5.41 Å². The predicted octanol–water partition coefficient (Wildman–Crippen LogP) is 4.99. The Balaban J connectivity index is 1.78. The zero-order valence-corrected chi connectivity index (χ0v) is 13.1. The first-order valence-corrected chi connectivity index (χ1v) is 8.44. The molecule has 1 nitrogen and oxygen atoms in total. The van der Waals surface area contributed by atoms with Crippen molar-refractivity contribution in [2.75, 3.05) is 0 Å². The fourth-order valence-corrected chi connectivity index (χ4v) is 5.26. The highest BCUT2D eigenvalue weighted by Gasteiger charge is 2.51. The minimum absolute atomic E-state index is 0.0747. The van der Waals surface area contributed by atoms with Gasteiger partial charge in [0.05, 0.1) is 0 Å². The van der Waals surface area contributed by atoms with Crippen molar-refractivity contribution >= 4 is 28.2 Å². The summed E-state index contributed by atoms with van der Waals surface area (Å²) in [6.07, 6.45) is 7.15. The molecule has 22 heavy (non-hydrogen) atoms. The number of hydrogen-bond acceptors (Lipinski definition) is 1. The summed E-state index contributed by atoms with van der Waals surface area (Å²) in [6, 6.07) is 10.6. The van der Waals surface area contributed by atoms with Crippen molar-refractivity contribution < 1.29 is 4.79 Å². The van der Waals surface area contributed by atoms with Crippen LogP contribution in [0.3, 0.4) is 0 Å². The average Bonchev–Trinajstić information content (AvgIpc) is 3.07. The van der Waals surface area contributed by atoms with Gasteiger partial charge >= 0.3 is 0 Å². The summed E-state index contributed by atoms with van der Waals surface area (Å²) < 4.78 is 0. The minimum Gasteiger partial charge on any atom is -0.299 e. The summed E-state index contributed by atoms with van der Waals surface area (Å²) >= 11 is 6.18. The molecule has 2 atom stereocenters. The van der Waals surface area contributed by atoms with Crippen LogP contribution in [0.2, 0.25) is 5.02 Å². The largest absolute Gasteiger partial charge is 0.299 e. The van der Waals surface area contributed by atoms with Crippen molar-refractivity contribution in [1.29, 1.82) is 0 Å². The fourth-order valence-electron chi connectivity index (χ4n) is 5.08. The van der Waals surface area contributed by atoms with Gasteiger partial charge in [0.15, 0.2) is 0 Å². The number of allylic oxidation sites excluding steroid dienone is 2. The second-order valence-electron chi connectivity index (χ2n) is 7.23. The van der Waals surface area contributed by atoms with Crippen molar-refractivity contribution in [3.8, 4) is 0 Å². The lowest BCUT2D eigenvalue weighted by atomic mass is 9.62. The van der Waals surface area contributed by atoms with Gasteiger partial charge in [0.1, 0.15) is 5.78 Å². The molecule has 0 saturated heterocycles. The summed E-state index contributed by atoms with van der Waals surface area (Å²) in [6.45, 7) is 0. The molecule has 3 aliphatic carbocycles. The van der Waals surface area contributed by atoms with Crippen molar-refractivity contribution in [2.24, 2.45) is 5.92 Å². The quantitative estimate of drug-likeness (QED) is 0.627. The lowest BCUT2D eigenvalue weighted by molar-refractivity contribution is -0.120. The second-order valence-corrected chi connectivity index (χ2v) is 7.66. The number of Topliss-reactive ketones (excluding diaryl/α,β-unsaturated/α-hetero) is 1. The van der Waals surface area contributed by atoms with Crippen LogP contribution in [0.15, 0.2) is 42.0 Å². The van der Waals surface area contributed by atoms with Crippen LogP contribution in [0.4, 0.5) is 0 Å². The van der Waals surface area contributed by atoms with E-state index in [0.29, 0.717) is 18.1 Å². The van der Waals surface area contributed by atoms with Gasteiger partial charge in [0.25, 0.3) is 0 Å². The van der Waals surface area contributed by atoms with Gasteiger partial charge in [0.2, 0.25) is 0 Å². The standard InChI is InChI=1S/C20H17ClO/c21-17-4-2-13-6-15-8-18(22)11-20(19(15)9-14(13)7-17)10-12-1-3-16(20)5-12/h1-2,4,6-7,9,16H,3,5,8,10-11H2. The molecule has 110 valence electrons. The number of ketones is 1. The second kappa shape index (κ2) is 4.23. The minimum atomic E-state index is 0.0747. The van der Waals surface area contributed by atoms with E-state index in [1.807, 2.05) is 12.1 Å². The van der Waals surface area contributed by atoms with Gasteiger partial charge in [-0.25, -0.2) is 0 Å². The van der Waals surface area contributed by atoms with Crippen LogP contribution in [0.25, 0.3) is 10.8 Å². The molecule has 2 aromatic carbocycles. The molecule has 0 aromatic heterocycles. The van der Waals surface area contributed by atoms with Gasteiger partial charge in [-0.1, -0.05) is 41.4 Å². The third kappa shape index (κ3) is 1.63. The maximum Gasteiger partial charge on any atom is 0.138 e. The van der Waals surface area contributed by atoms with Crippen molar-refractivity contribution in [1.82, 2.24) is 0 Å². The first-order chi connectivity index (χ1) is 10.6. The number of benzene rings is 2. The van der Waals surface area contributed by atoms with E-state index in [9.17, 15) is 4.79 Å². The highest BCUT2D eigenvalue weighted by atomic mass is 35.5. The molecule has 0 heterocycles.